The Morgan fingerprint density at radius 3 is 3.09 bits per heavy atom. The Balaban J connectivity index is 2.23. The first kappa shape index (κ1) is 6.49. The highest BCUT2D eigenvalue weighted by Gasteiger charge is 2.11. The molecule has 0 saturated heterocycles. The first-order valence-electron chi connectivity index (χ1n) is 3.63. The van der Waals surface area contributed by atoms with E-state index in [1.807, 2.05) is 24.4 Å². The molecule has 0 fully saturated rings. The number of nitrogens with zero attached hydrogens (tertiary/aromatic N) is 2. The van der Waals surface area contributed by atoms with Gasteiger partial charge in [0.1, 0.15) is 6.17 Å². The zero-order valence-corrected chi connectivity index (χ0v) is 6.07. The molecule has 1 unspecified atom stereocenters. The van der Waals surface area contributed by atoms with Crippen molar-refractivity contribution in [2.45, 2.75) is 6.17 Å². The molecule has 56 valence electrons. The predicted molar refractivity (Wildman–Crippen MR) is 43.5 cm³/mol. The summed E-state index contributed by atoms with van der Waals surface area (Å²) in [4.78, 5) is 8.39. The molecule has 2 heterocycles. The SMILES string of the molecule is C1=NC(c2ccccn2)NC1. The van der Waals surface area contributed by atoms with Crippen LogP contribution in [0.2, 0.25) is 0 Å². The summed E-state index contributed by atoms with van der Waals surface area (Å²) in [6.45, 7) is 0.848. The molecule has 0 spiro atoms. The Hall–Kier alpha value is -1.22. The number of hydrogen-bond acceptors (Lipinski definition) is 3. The third-order valence-electron chi connectivity index (χ3n) is 1.62. The number of hydrogen-bond donors (Lipinski definition) is 1. The Kier molecular flexibility index (Phi) is 1.65. The highest BCUT2D eigenvalue weighted by Crippen LogP contribution is 2.11. The molecule has 11 heavy (non-hydrogen) atoms. The normalized spacial score (nSPS) is 22.4. The van der Waals surface area contributed by atoms with E-state index in [1.54, 1.807) is 6.20 Å². The van der Waals surface area contributed by atoms with Crippen LogP contribution in [0.5, 0.6) is 0 Å². The predicted octanol–water partition coefficient (Wildman–Crippen LogP) is 0.754. The number of rotatable bonds is 1. The van der Waals surface area contributed by atoms with Gasteiger partial charge in [0.2, 0.25) is 0 Å². The van der Waals surface area contributed by atoms with Crippen LogP contribution >= 0.6 is 0 Å². The van der Waals surface area contributed by atoms with Gasteiger partial charge in [-0.25, -0.2) is 0 Å². The molecule has 1 aromatic heterocycles. The minimum Gasteiger partial charge on any atom is -0.286 e. The van der Waals surface area contributed by atoms with Crippen LogP contribution < -0.4 is 5.32 Å². The molecule has 0 radical (unpaired) electrons. The molecule has 1 atom stereocenters. The maximum atomic E-state index is 4.21. The average molecular weight is 147 g/mol. The van der Waals surface area contributed by atoms with E-state index in [0.717, 1.165) is 12.2 Å². The first-order valence-corrected chi connectivity index (χ1v) is 3.63. The van der Waals surface area contributed by atoms with Crippen LogP contribution in [0.1, 0.15) is 11.9 Å². The first-order chi connectivity index (χ1) is 5.47. The van der Waals surface area contributed by atoms with Gasteiger partial charge in [0, 0.05) is 19.0 Å². The standard InChI is InChI=1S/C8H9N3/c1-2-4-9-7(3-1)8-10-5-6-11-8/h1-5,8,11H,6H2. The summed E-state index contributed by atoms with van der Waals surface area (Å²) in [5.74, 6) is 0. The maximum Gasteiger partial charge on any atom is 0.142 e. The maximum absolute atomic E-state index is 4.21. The van der Waals surface area contributed by atoms with Crippen molar-refractivity contribution in [1.82, 2.24) is 10.3 Å². The van der Waals surface area contributed by atoms with Crippen LogP contribution in [-0.4, -0.2) is 17.7 Å². The molecule has 1 aromatic rings. The molecule has 0 bridgehead atoms. The van der Waals surface area contributed by atoms with E-state index in [9.17, 15) is 0 Å². The average Bonchev–Trinajstić information content (AvgIpc) is 2.58. The van der Waals surface area contributed by atoms with Gasteiger partial charge in [-0.2, -0.15) is 0 Å². The van der Waals surface area contributed by atoms with Gasteiger partial charge in [-0.3, -0.25) is 15.3 Å². The van der Waals surface area contributed by atoms with E-state index in [1.165, 1.54) is 0 Å². The van der Waals surface area contributed by atoms with Crippen molar-refractivity contribution >= 4 is 6.21 Å². The van der Waals surface area contributed by atoms with E-state index in [2.05, 4.69) is 15.3 Å². The lowest BCUT2D eigenvalue weighted by atomic mass is 10.3. The molecule has 2 rings (SSSR count). The fourth-order valence-electron chi connectivity index (χ4n) is 1.09. The van der Waals surface area contributed by atoms with Gasteiger partial charge in [0.25, 0.3) is 0 Å². The summed E-state index contributed by atoms with van der Waals surface area (Å²) in [5, 5.41) is 3.19. The second kappa shape index (κ2) is 2.80. The van der Waals surface area contributed by atoms with Crippen molar-refractivity contribution in [2.24, 2.45) is 4.99 Å². The molecule has 1 aliphatic heterocycles. The molecule has 1 aliphatic rings. The summed E-state index contributed by atoms with van der Waals surface area (Å²) in [7, 11) is 0. The lowest BCUT2D eigenvalue weighted by molar-refractivity contribution is 0.624. The van der Waals surface area contributed by atoms with Crippen molar-refractivity contribution in [3.63, 3.8) is 0 Å². The molecule has 1 N–H and O–H groups in total. The monoisotopic (exact) mass is 147 g/mol. The third-order valence-corrected chi connectivity index (χ3v) is 1.62. The molecular weight excluding hydrogens is 138 g/mol. The van der Waals surface area contributed by atoms with Gasteiger partial charge in [-0.05, 0) is 12.1 Å². The number of aromatic nitrogens is 1. The molecule has 0 amide bonds. The van der Waals surface area contributed by atoms with Crippen LogP contribution in [0.3, 0.4) is 0 Å². The molecule has 0 aromatic carbocycles. The fraction of sp³-hybridized carbons (Fsp3) is 0.250. The summed E-state index contributed by atoms with van der Waals surface area (Å²) >= 11 is 0. The van der Waals surface area contributed by atoms with Crippen LogP contribution in [-0.2, 0) is 0 Å². The fourth-order valence-corrected chi connectivity index (χ4v) is 1.09. The minimum atomic E-state index is 0.0798. The Labute approximate surface area is 65.2 Å². The molecular formula is C8H9N3. The van der Waals surface area contributed by atoms with Crippen molar-refractivity contribution in [2.75, 3.05) is 6.54 Å². The van der Waals surface area contributed by atoms with E-state index >= 15 is 0 Å². The Bertz CT molecular complexity index is 255. The third kappa shape index (κ3) is 1.28. The van der Waals surface area contributed by atoms with E-state index in [0.29, 0.717) is 0 Å². The quantitative estimate of drug-likeness (QED) is 0.636. The van der Waals surface area contributed by atoms with Gasteiger partial charge >= 0.3 is 0 Å². The molecule has 3 nitrogen and oxygen atoms in total. The van der Waals surface area contributed by atoms with E-state index in [4.69, 9.17) is 0 Å². The zero-order valence-electron chi connectivity index (χ0n) is 6.07. The smallest absolute Gasteiger partial charge is 0.142 e. The highest BCUT2D eigenvalue weighted by atomic mass is 15.1. The topological polar surface area (TPSA) is 37.3 Å². The number of pyridine rings is 1. The molecule has 0 aliphatic carbocycles. The lowest BCUT2D eigenvalue weighted by Gasteiger charge is -2.05. The van der Waals surface area contributed by atoms with Crippen molar-refractivity contribution in [1.29, 1.82) is 0 Å². The summed E-state index contributed by atoms with van der Waals surface area (Å²) < 4.78 is 0. The van der Waals surface area contributed by atoms with Crippen LogP contribution in [0.4, 0.5) is 0 Å². The van der Waals surface area contributed by atoms with E-state index < -0.39 is 0 Å². The zero-order chi connectivity index (χ0) is 7.52. The summed E-state index contributed by atoms with van der Waals surface area (Å²) in [6.07, 6.45) is 3.74. The second-order valence-electron chi connectivity index (χ2n) is 2.40. The highest BCUT2D eigenvalue weighted by molar-refractivity contribution is 5.62. The van der Waals surface area contributed by atoms with Crippen molar-refractivity contribution in [3.8, 4) is 0 Å². The van der Waals surface area contributed by atoms with Gasteiger partial charge < -0.3 is 0 Å². The largest absolute Gasteiger partial charge is 0.286 e. The number of aliphatic imine (C=N–C) groups is 1. The van der Waals surface area contributed by atoms with Gasteiger partial charge in [-0.15, -0.1) is 0 Å². The van der Waals surface area contributed by atoms with Crippen molar-refractivity contribution < 1.29 is 0 Å². The number of nitrogens with one attached hydrogen (secondary N) is 1. The van der Waals surface area contributed by atoms with Crippen LogP contribution in [0.15, 0.2) is 29.4 Å². The van der Waals surface area contributed by atoms with Crippen LogP contribution in [0, 0.1) is 0 Å². The van der Waals surface area contributed by atoms with Gasteiger partial charge in [-0.1, -0.05) is 6.07 Å². The lowest BCUT2D eigenvalue weighted by Crippen LogP contribution is -2.15. The second-order valence-corrected chi connectivity index (χ2v) is 2.40. The summed E-state index contributed by atoms with van der Waals surface area (Å²) in [6, 6.07) is 5.85. The van der Waals surface area contributed by atoms with Gasteiger partial charge in [0.05, 0.1) is 5.69 Å². The molecule has 3 heteroatoms. The Morgan fingerprint density at radius 2 is 2.45 bits per heavy atom. The van der Waals surface area contributed by atoms with Crippen molar-refractivity contribution in [3.05, 3.63) is 30.1 Å². The van der Waals surface area contributed by atoms with E-state index in [-0.39, 0.29) is 6.17 Å². The van der Waals surface area contributed by atoms with Gasteiger partial charge in [0.15, 0.2) is 0 Å². The minimum absolute atomic E-state index is 0.0798. The Morgan fingerprint density at radius 1 is 1.45 bits per heavy atom. The summed E-state index contributed by atoms with van der Waals surface area (Å²) in [5.41, 5.74) is 0.987. The van der Waals surface area contributed by atoms with Crippen LogP contribution in [0.25, 0.3) is 0 Å². The molecule has 0 saturated carbocycles.